The number of rotatable bonds is 6. The molecule has 0 saturated heterocycles. The first-order chi connectivity index (χ1) is 8.41. The van der Waals surface area contributed by atoms with Crippen LogP contribution < -0.4 is 5.32 Å². The van der Waals surface area contributed by atoms with Crippen molar-refractivity contribution >= 4 is 23.4 Å². The van der Waals surface area contributed by atoms with Gasteiger partial charge in [-0.05, 0) is 37.6 Å². The molecule has 1 unspecified atom stereocenters. The molecule has 1 aromatic carbocycles. The van der Waals surface area contributed by atoms with Crippen LogP contribution in [0.5, 0.6) is 0 Å². The Bertz CT molecular complexity index is 460. The zero-order chi connectivity index (χ0) is 13.7. The highest BCUT2D eigenvalue weighted by molar-refractivity contribution is 6.31. The van der Waals surface area contributed by atoms with Gasteiger partial charge in [-0.3, -0.25) is 9.59 Å². The molecule has 0 aliphatic carbocycles. The lowest BCUT2D eigenvalue weighted by Gasteiger charge is -2.12. The Hall–Kier alpha value is -1.39. The van der Waals surface area contributed by atoms with Crippen LogP contribution in [0.15, 0.2) is 18.2 Å². The van der Waals surface area contributed by atoms with Crippen molar-refractivity contribution in [2.24, 2.45) is 0 Å². The van der Waals surface area contributed by atoms with Crippen molar-refractivity contribution in [3.05, 3.63) is 34.3 Å². The smallest absolute Gasteiger partial charge is 0.304 e. The number of benzene rings is 1. The van der Waals surface area contributed by atoms with Crippen molar-refractivity contribution in [1.29, 1.82) is 0 Å². The fraction of sp³-hybridized carbons (Fsp3) is 0.385. The average molecular weight is 270 g/mol. The molecule has 2 N–H and O–H groups in total. The zero-order valence-corrected chi connectivity index (χ0v) is 11.1. The molecule has 0 fully saturated rings. The molecule has 0 aliphatic heterocycles. The number of ketones is 1. The van der Waals surface area contributed by atoms with E-state index < -0.39 is 12.0 Å². The molecular weight excluding hydrogens is 254 g/mol. The molecule has 0 radical (unpaired) electrons. The van der Waals surface area contributed by atoms with E-state index in [4.69, 9.17) is 16.7 Å². The predicted octanol–water partition coefficient (Wildman–Crippen LogP) is 2.28. The number of carboxylic acids is 1. The Morgan fingerprint density at radius 1 is 1.44 bits per heavy atom. The molecule has 0 heterocycles. The zero-order valence-electron chi connectivity index (χ0n) is 10.4. The van der Waals surface area contributed by atoms with Gasteiger partial charge in [-0.25, -0.2) is 0 Å². The third-order valence-corrected chi connectivity index (χ3v) is 3.05. The van der Waals surface area contributed by atoms with Crippen LogP contribution in [0.1, 0.15) is 29.3 Å². The van der Waals surface area contributed by atoms with Crippen molar-refractivity contribution in [2.75, 3.05) is 6.54 Å². The molecule has 1 rings (SSSR count). The van der Waals surface area contributed by atoms with Gasteiger partial charge < -0.3 is 10.4 Å². The molecule has 98 valence electrons. The lowest BCUT2D eigenvalue weighted by atomic mass is 10.0. The molecule has 0 bridgehead atoms. The summed E-state index contributed by atoms with van der Waals surface area (Å²) in [5, 5.41) is 12.0. The van der Waals surface area contributed by atoms with Gasteiger partial charge in [-0.15, -0.1) is 0 Å². The number of nitrogens with one attached hydrogen (secondary N) is 1. The second-order valence-electron chi connectivity index (χ2n) is 4.15. The van der Waals surface area contributed by atoms with Gasteiger partial charge in [0, 0.05) is 17.1 Å². The maximum absolute atomic E-state index is 12.0. The van der Waals surface area contributed by atoms with Crippen molar-refractivity contribution < 1.29 is 14.7 Å². The standard InChI is InChI=1S/C13H16ClNO3/c1-8-7-10(3-4-11(8)14)13(18)9(2)15-6-5-12(16)17/h3-4,7,9,15H,5-6H2,1-2H3,(H,16,17). The van der Waals surface area contributed by atoms with Crippen LogP contribution in [-0.2, 0) is 4.79 Å². The fourth-order valence-electron chi connectivity index (χ4n) is 1.54. The van der Waals surface area contributed by atoms with Crippen LogP contribution in [0.2, 0.25) is 5.02 Å². The maximum Gasteiger partial charge on any atom is 0.304 e. The van der Waals surface area contributed by atoms with Crippen molar-refractivity contribution in [1.82, 2.24) is 5.32 Å². The summed E-state index contributed by atoms with van der Waals surface area (Å²) in [5.41, 5.74) is 1.42. The largest absolute Gasteiger partial charge is 0.481 e. The fourth-order valence-corrected chi connectivity index (χ4v) is 1.65. The van der Waals surface area contributed by atoms with Crippen LogP contribution in [0.4, 0.5) is 0 Å². The van der Waals surface area contributed by atoms with Gasteiger partial charge in [0.1, 0.15) is 0 Å². The van der Waals surface area contributed by atoms with Gasteiger partial charge in [0.2, 0.25) is 0 Å². The van der Waals surface area contributed by atoms with Crippen molar-refractivity contribution in [3.63, 3.8) is 0 Å². The molecule has 1 atom stereocenters. The van der Waals surface area contributed by atoms with E-state index >= 15 is 0 Å². The van der Waals surface area contributed by atoms with E-state index in [1.54, 1.807) is 25.1 Å². The van der Waals surface area contributed by atoms with Gasteiger partial charge in [0.05, 0.1) is 12.5 Å². The summed E-state index contributed by atoms with van der Waals surface area (Å²) in [6.07, 6.45) is -0.00271. The molecule has 5 heteroatoms. The van der Waals surface area contributed by atoms with Crippen LogP contribution in [0.25, 0.3) is 0 Å². The summed E-state index contributed by atoms with van der Waals surface area (Å²) < 4.78 is 0. The average Bonchev–Trinajstić information content (AvgIpc) is 2.31. The third-order valence-electron chi connectivity index (χ3n) is 2.63. The number of carbonyl (C=O) groups is 2. The van der Waals surface area contributed by atoms with Gasteiger partial charge in [-0.1, -0.05) is 11.6 Å². The first-order valence-corrected chi connectivity index (χ1v) is 6.05. The van der Waals surface area contributed by atoms with E-state index in [-0.39, 0.29) is 18.7 Å². The Kier molecular flexibility index (Phi) is 5.31. The normalized spacial score (nSPS) is 12.2. The van der Waals surface area contributed by atoms with Crippen molar-refractivity contribution in [2.45, 2.75) is 26.3 Å². The topological polar surface area (TPSA) is 66.4 Å². The Morgan fingerprint density at radius 3 is 2.67 bits per heavy atom. The number of hydrogen-bond donors (Lipinski definition) is 2. The van der Waals surface area contributed by atoms with Gasteiger partial charge in [-0.2, -0.15) is 0 Å². The lowest BCUT2D eigenvalue weighted by molar-refractivity contribution is -0.136. The minimum absolute atomic E-state index is 0.00271. The first kappa shape index (κ1) is 14.7. The highest BCUT2D eigenvalue weighted by atomic mass is 35.5. The van der Waals surface area contributed by atoms with E-state index in [9.17, 15) is 9.59 Å². The number of carbonyl (C=O) groups excluding carboxylic acids is 1. The predicted molar refractivity (Wildman–Crippen MR) is 70.2 cm³/mol. The molecule has 0 aliphatic rings. The van der Waals surface area contributed by atoms with E-state index in [1.807, 2.05) is 6.92 Å². The maximum atomic E-state index is 12.0. The third kappa shape index (κ3) is 4.13. The van der Waals surface area contributed by atoms with Gasteiger partial charge in [0.15, 0.2) is 5.78 Å². The summed E-state index contributed by atoms with van der Waals surface area (Å²) in [6, 6.07) is 4.69. The monoisotopic (exact) mass is 269 g/mol. The van der Waals surface area contributed by atoms with Crippen LogP contribution >= 0.6 is 11.6 Å². The molecule has 0 aromatic heterocycles. The molecule has 1 aromatic rings. The Labute approximate surface area is 111 Å². The Balaban J connectivity index is 2.62. The minimum atomic E-state index is -0.885. The van der Waals surface area contributed by atoms with Crippen LogP contribution in [0, 0.1) is 6.92 Å². The molecule has 18 heavy (non-hydrogen) atoms. The summed E-state index contributed by atoms with van der Waals surface area (Å²) in [7, 11) is 0. The molecular formula is C13H16ClNO3. The number of halogens is 1. The Morgan fingerprint density at radius 2 is 2.11 bits per heavy atom. The molecule has 0 spiro atoms. The van der Waals surface area contributed by atoms with Crippen LogP contribution in [-0.4, -0.2) is 29.4 Å². The van der Waals surface area contributed by atoms with E-state index in [0.717, 1.165) is 5.56 Å². The second-order valence-corrected chi connectivity index (χ2v) is 4.55. The summed E-state index contributed by atoms with van der Waals surface area (Å²) >= 11 is 5.89. The summed E-state index contributed by atoms with van der Waals surface area (Å²) in [5.74, 6) is -0.954. The number of aryl methyl sites for hydroxylation is 1. The quantitative estimate of drug-likeness (QED) is 0.778. The molecule has 4 nitrogen and oxygen atoms in total. The highest BCUT2D eigenvalue weighted by Gasteiger charge is 2.15. The van der Waals surface area contributed by atoms with E-state index in [2.05, 4.69) is 5.32 Å². The van der Waals surface area contributed by atoms with Crippen LogP contribution in [0.3, 0.4) is 0 Å². The molecule has 0 saturated carbocycles. The highest BCUT2D eigenvalue weighted by Crippen LogP contribution is 2.17. The minimum Gasteiger partial charge on any atom is -0.481 e. The van der Waals surface area contributed by atoms with E-state index in [0.29, 0.717) is 10.6 Å². The summed E-state index contributed by atoms with van der Waals surface area (Å²) in [6.45, 7) is 3.82. The second kappa shape index (κ2) is 6.52. The first-order valence-electron chi connectivity index (χ1n) is 5.67. The van der Waals surface area contributed by atoms with E-state index in [1.165, 1.54) is 0 Å². The van der Waals surface area contributed by atoms with Gasteiger partial charge in [0.25, 0.3) is 0 Å². The van der Waals surface area contributed by atoms with Gasteiger partial charge >= 0.3 is 5.97 Å². The number of Topliss-reactive ketones (excluding diaryl/α,β-unsaturated/α-hetero) is 1. The summed E-state index contributed by atoms with van der Waals surface area (Å²) in [4.78, 5) is 22.4. The van der Waals surface area contributed by atoms with Crippen molar-refractivity contribution in [3.8, 4) is 0 Å². The lowest BCUT2D eigenvalue weighted by Crippen LogP contribution is -2.35. The SMILES string of the molecule is Cc1cc(C(=O)C(C)NCCC(=O)O)ccc1Cl. The number of aliphatic carboxylic acids is 1. The number of carboxylic acid groups (broad SMARTS) is 1. The number of hydrogen-bond acceptors (Lipinski definition) is 3. The molecule has 0 amide bonds.